The van der Waals surface area contributed by atoms with Gasteiger partial charge in [0.2, 0.25) is 15.3 Å². The van der Waals surface area contributed by atoms with E-state index in [4.69, 9.17) is 9.47 Å². The molecule has 1 amide bonds. The van der Waals surface area contributed by atoms with Gasteiger partial charge in [-0.1, -0.05) is 44.7 Å². The summed E-state index contributed by atoms with van der Waals surface area (Å²) in [6.07, 6.45) is -1.32. The Labute approximate surface area is 234 Å². The van der Waals surface area contributed by atoms with Gasteiger partial charge < -0.3 is 14.6 Å². The van der Waals surface area contributed by atoms with Crippen molar-refractivity contribution in [3.63, 3.8) is 0 Å². The van der Waals surface area contributed by atoms with Crippen LogP contribution in [-0.4, -0.2) is 74.9 Å². The van der Waals surface area contributed by atoms with Crippen LogP contribution in [-0.2, 0) is 41.7 Å². The molecular formula is C25H28N4O9S2. The second-order valence-corrected chi connectivity index (χ2v) is 13.4. The highest BCUT2D eigenvalue weighted by Gasteiger charge is 2.64. The number of hydrogen-bond donors (Lipinski definition) is 1. The summed E-state index contributed by atoms with van der Waals surface area (Å²) in [5.74, 6) is -2.41. The number of methoxy groups -OCH3 is 1. The Morgan fingerprint density at radius 2 is 1.77 bits per heavy atom. The molecule has 4 rings (SSSR count). The molecule has 0 aliphatic carbocycles. The normalized spacial score (nSPS) is 22.0. The van der Waals surface area contributed by atoms with E-state index < -0.39 is 61.3 Å². The average molecular weight is 593 g/mol. The third-order valence-corrected chi connectivity index (χ3v) is 9.70. The van der Waals surface area contributed by atoms with Gasteiger partial charge in [0.05, 0.1) is 11.3 Å². The number of allylic oxidation sites excluding steroid dienone is 1. The Morgan fingerprint density at radius 3 is 2.35 bits per heavy atom. The number of benzene rings is 1. The van der Waals surface area contributed by atoms with E-state index in [-0.39, 0.29) is 22.0 Å². The molecule has 13 nitrogen and oxygen atoms in total. The van der Waals surface area contributed by atoms with Crippen molar-refractivity contribution < 1.29 is 37.4 Å². The van der Waals surface area contributed by atoms with Crippen LogP contribution in [0.2, 0.25) is 0 Å². The van der Waals surface area contributed by atoms with Gasteiger partial charge in [0.15, 0.2) is 22.4 Å². The van der Waals surface area contributed by atoms with Gasteiger partial charge in [0.25, 0.3) is 11.8 Å². The number of carbonyl (C=O) groups is 3. The fourth-order valence-corrected chi connectivity index (χ4v) is 7.32. The minimum atomic E-state index is -4.32. The summed E-state index contributed by atoms with van der Waals surface area (Å²) < 4.78 is 38.8. The molecule has 15 heteroatoms. The molecule has 0 bridgehead atoms. The van der Waals surface area contributed by atoms with Crippen LogP contribution in [0.25, 0.3) is 0 Å². The number of carbonyl (C=O) groups excluding carboxylic acids is 3. The zero-order chi connectivity index (χ0) is 29.7. The van der Waals surface area contributed by atoms with Gasteiger partial charge >= 0.3 is 11.5 Å². The SMILES string of the molecule is CO[C@H]1C(=O)N2C(C(=O)C(C)(C)C)=C(C)C(OC(=O)c3ccc(CSc4nc(=O)c(O)nn4C)cc3)S(=O)(=O)[C@H]12. The number of amides is 1. The number of aryl methyl sites for hydroxylation is 1. The number of rotatable bonds is 7. The van der Waals surface area contributed by atoms with Crippen LogP contribution in [0.1, 0.15) is 43.6 Å². The molecule has 1 saturated heterocycles. The first-order valence-corrected chi connectivity index (χ1v) is 14.6. The van der Waals surface area contributed by atoms with E-state index in [1.165, 1.54) is 49.7 Å². The van der Waals surface area contributed by atoms with E-state index in [1.807, 2.05) is 0 Å². The van der Waals surface area contributed by atoms with Crippen molar-refractivity contribution in [1.29, 1.82) is 0 Å². The highest BCUT2D eigenvalue weighted by Crippen LogP contribution is 2.43. The largest absolute Gasteiger partial charge is 0.488 e. The number of aromatic nitrogens is 3. The maximum Gasteiger partial charge on any atom is 0.339 e. The molecule has 3 heterocycles. The third-order valence-electron chi connectivity index (χ3n) is 6.43. The number of ether oxygens (including phenoxy) is 2. The number of ketones is 1. The predicted octanol–water partition coefficient (Wildman–Crippen LogP) is 1.16. The highest BCUT2D eigenvalue weighted by molar-refractivity contribution is 7.98. The molecule has 2 aliphatic heterocycles. The standard InChI is InChI=1S/C25H28N4O9S2/c1-12-15(17(30)25(2,3)4)29-20(33)16(37-6)21(29)40(35,36)23(12)38-22(34)14-9-7-13(8-10-14)11-39-24-26-18(31)19(32)27-28(24)5/h7-10,16,21,23H,11H2,1-6H3,(H,27,32)/t16-,21+,23?/m0/s1. The van der Waals surface area contributed by atoms with E-state index in [9.17, 15) is 32.7 Å². The number of thioether (sulfide) groups is 1. The van der Waals surface area contributed by atoms with Gasteiger partial charge in [-0.25, -0.2) is 17.9 Å². The van der Waals surface area contributed by atoms with Crippen molar-refractivity contribution in [2.24, 2.45) is 12.5 Å². The van der Waals surface area contributed by atoms with E-state index in [1.54, 1.807) is 32.9 Å². The van der Waals surface area contributed by atoms with E-state index in [2.05, 4.69) is 10.1 Å². The summed E-state index contributed by atoms with van der Waals surface area (Å²) in [6, 6.07) is 6.14. The summed E-state index contributed by atoms with van der Waals surface area (Å²) >= 11 is 1.18. The minimum absolute atomic E-state index is 0.0546. The molecular weight excluding hydrogens is 564 g/mol. The molecule has 0 radical (unpaired) electrons. The quantitative estimate of drug-likeness (QED) is 0.276. The number of hydrogen-bond acceptors (Lipinski definition) is 12. The molecule has 1 unspecified atom stereocenters. The van der Waals surface area contributed by atoms with Crippen LogP contribution < -0.4 is 5.56 Å². The van der Waals surface area contributed by atoms with Crippen molar-refractivity contribution in [1.82, 2.24) is 19.7 Å². The Hall–Kier alpha value is -3.56. The second kappa shape index (κ2) is 10.4. The fourth-order valence-electron chi connectivity index (χ4n) is 4.30. The molecule has 2 aromatic rings. The average Bonchev–Trinajstić information content (AvgIpc) is 2.88. The van der Waals surface area contributed by atoms with Gasteiger partial charge in [0.1, 0.15) is 0 Å². The van der Waals surface area contributed by atoms with Crippen molar-refractivity contribution in [2.75, 3.05) is 7.11 Å². The van der Waals surface area contributed by atoms with E-state index in [0.717, 1.165) is 10.5 Å². The lowest BCUT2D eigenvalue weighted by molar-refractivity contribution is -0.161. The van der Waals surface area contributed by atoms with Crippen molar-refractivity contribution in [3.05, 3.63) is 57.0 Å². The molecule has 1 aromatic carbocycles. The van der Waals surface area contributed by atoms with Crippen LogP contribution in [0.5, 0.6) is 5.88 Å². The first-order chi connectivity index (χ1) is 18.6. The molecule has 1 aromatic heterocycles. The monoisotopic (exact) mass is 592 g/mol. The first-order valence-electron chi connectivity index (χ1n) is 12.0. The Kier molecular flexibility index (Phi) is 7.68. The molecule has 214 valence electrons. The summed E-state index contributed by atoms with van der Waals surface area (Å²) in [4.78, 5) is 55.2. The van der Waals surface area contributed by atoms with Crippen molar-refractivity contribution >= 4 is 39.3 Å². The number of sulfone groups is 1. The molecule has 1 fully saturated rings. The number of esters is 1. The number of β-lactam (4-membered cyclic amide) rings is 1. The Bertz CT molecular complexity index is 1590. The molecule has 0 saturated carbocycles. The lowest BCUT2D eigenvalue weighted by Crippen LogP contribution is -2.72. The number of nitrogens with zero attached hydrogens (tertiary/aromatic N) is 4. The maximum atomic E-state index is 13.5. The minimum Gasteiger partial charge on any atom is -0.488 e. The lowest BCUT2D eigenvalue weighted by atomic mass is 9.85. The molecule has 1 N–H and O–H groups in total. The van der Waals surface area contributed by atoms with E-state index >= 15 is 0 Å². The van der Waals surface area contributed by atoms with Crippen molar-refractivity contribution in [3.8, 4) is 5.88 Å². The fraction of sp³-hybridized carbons (Fsp3) is 0.440. The van der Waals surface area contributed by atoms with E-state index in [0.29, 0.717) is 5.75 Å². The second-order valence-electron chi connectivity index (χ2n) is 10.3. The van der Waals surface area contributed by atoms with Gasteiger partial charge in [-0.15, -0.1) is 5.10 Å². The third kappa shape index (κ3) is 5.04. The van der Waals surface area contributed by atoms with Crippen LogP contribution >= 0.6 is 11.8 Å². The topological polar surface area (TPSA) is 175 Å². The molecule has 0 spiro atoms. The molecule has 40 heavy (non-hydrogen) atoms. The zero-order valence-corrected chi connectivity index (χ0v) is 24.2. The maximum absolute atomic E-state index is 13.5. The summed E-state index contributed by atoms with van der Waals surface area (Å²) in [5.41, 5.74) is -2.94. The van der Waals surface area contributed by atoms with Gasteiger partial charge in [-0.3, -0.25) is 19.3 Å². The van der Waals surface area contributed by atoms with Crippen LogP contribution in [0, 0.1) is 5.41 Å². The van der Waals surface area contributed by atoms with Gasteiger partial charge in [-0.2, -0.15) is 4.98 Å². The van der Waals surface area contributed by atoms with Gasteiger partial charge in [-0.05, 0) is 24.6 Å². The first kappa shape index (κ1) is 29.4. The Morgan fingerprint density at radius 1 is 1.15 bits per heavy atom. The molecule has 3 atom stereocenters. The zero-order valence-electron chi connectivity index (χ0n) is 22.6. The molecule has 2 aliphatic rings. The summed E-state index contributed by atoms with van der Waals surface area (Å²) in [7, 11) is -1.60. The summed E-state index contributed by atoms with van der Waals surface area (Å²) in [5, 5.41) is 11.8. The number of fused-ring (bicyclic) bond motifs is 1. The lowest BCUT2D eigenvalue weighted by Gasteiger charge is -2.50. The Balaban J connectivity index is 1.57. The highest BCUT2D eigenvalue weighted by atomic mass is 32.2. The smallest absolute Gasteiger partial charge is 0.339 e. The predicted molar refractivity (Wildman–Crippen MR) is 142 cm³/mol. The van der Waals surface area contributed by atoms with Crippen LogP contribution in [0.15, 0.2) is 45.5 Å². The summed E-state index contributed by atoms with van der Waals surface area (Å²) in [6.45, 7) is 6.28. The number of Topliss-reactive ketones (excluding diaryl/α,β-unsaturated/α-hetero) is 1. The van der Waals surface area contributed by atoms with Crippen molar-refractivity contribution in [2.45, 2.75) is 55.5 Å². The number of aromatic hydroxyl groups is 1. The van der Waals surface area contributed by atoms with Crippen LogP contribution in [0.4, 0.5) is 0 Å². The van der Waals surface area contributed by atoms with Crippen LogP contribution in [0.3, 0.4) is 0 Å². The van der Waals surface area contributed by atoms with Gasteiger partial charge in [0, 0.05) is 30.9 Å².